The van der Waals surface area contributed by atoms with Crippen molar-refractivity contribution in [2.45, 2.75) is 35.6 Å². The molecule has 1 fully saturated rings. The summed E-state index contributed by atoms with van der Waals surface area (Å²) >= 11 is 0. The van der Waals surface area contributed by atoms with E-state index in [9.17, 15) is 16.8 Å². The third kappa shape index (κ3) is 5.09. The molecular formula is C19H24N2O4S2. The van der Waals surface area contributed by atoms with E-state index in [-0.39, 0.29) is 16.3 Å². The molecular weight excluding hydrogens is 384 g/mol. The number of sulfonamides is 1. The number of piperidine rings is 1. The van der Waals surface area contributed by atoms with Crippen molar-refractivity contribution < 1.29 is 16.8 Å². The van der Waals surface area contributed by atoms with E-state index >= 15 is 0 Å². The zero-order valence-corrected chi connectivity index (χ0v) is 16.9. The Labute approximate surface area is 161 Å². The smallest absolute Gasteiger partial charge is 0.240 e. The molecule has 8 heteroatoms. The Morgan fingerprint density at radius 1 is 0.815 bits per heavy atom. The molecule has 0 bridgehead atoms. The van der Waals surface area contributed by atoms with Crippen molar-refractivity contribution in [2.75, 3.05) is 24.2 Å². The molecule has 6 nitrogen and oxygen atoms in total. The maximum atomic E-state index is 12.4. The predicted molar refractivity (Wildman–Crippen MR) is 106 cm³/mol. The Hall–Kier alpha value is -1.90. The Morgan fingerprint density at radius 2 is 1.37 bits per heavy atom. The number of nitrogens with zero attached hydrogens (tertiary/aromatic N) is 1. The van der Waals surface area contributed by atoms with Crippen LogP contribution < -0.4 is 9.62 Å². The molecule has 0 aliphatic carbocycles. The van der Waals surface area contributed by atoms with Crippen LogP contribution in [0.4, 0.5) is 5.69 Å². The van der Waals surface area contributed by atoms with Crippen LogP contribution in [0, 0.1) is 0 Å². The van der Waals surface area contributed by atoms with Crippen LogP contribution in [-0.4, -0.2) is 36.2 Å². The summed E-state index contributed by atoms with van der Waals surface area (Å²) in [6.45, 7) is 2.31. The van der Waals surface area contributed by atoms with Gasteiger partial charge in [-0.15, -0.1) is 0 Å². The van der Waals surface area contributed by atoms with Gasteiger partial charge in [0.2, 0.25) is 10.0 Å². The molecule has 1 aliphatic rings. The Bertz CT molecular complexity index is 977. The lowest BCUT2D eigenvalue weighted by Crippen LogP contribution is -2.29. The van der Waals surface area contributed by atoms with Gasteiger partial charge in [-0.2, -0.15) is 0 Å². The average Bonchev–Trinajstić information content (AvgIpc) is 2.67. The molecule has 1 heterocycles. The van der Waals surface area contributed by atoms with Gasteiger partial charge in [0.15, 0.2) is 9.84 Å². The molecule has 27 heavy (non-hydrogen) atoms. The number of rotatable bonds is 6. The highest BCUT2D eigenvalue weighted by Crippen LogP contribution is 2.20. The summed E-state index contributed by atoms with van der Waals surface area (Å²) < 4.78 is 50.3. The largest absolute Gasteiger partial charge is 0.372 e. The fraction of sp³-hybridized carbons (Fsp3) is 0.368. The quantitative estimate of drug-likeness (QED) is 0.794. The van der Waals surface area contributed by atoms with E-state index in [2.05, 4.69) is 9.62 Å². The van der Waals surface area contributed by atoms with Crippen LogP contribution in [0.5, 0.6) is 0 Å². The third-order valence-electron chi connectivity index (χ3n) is 4.69. The van der Waals surface area contributed by atoms with Gasteiger partial charge in [0.1, 0.15) is 0 Å². The summed E-state index contributed by atoms with van der Waals surface area (Å²) in [5.74, 6) is 0. The maximum absolute atomic E-state index is 12.4. The first-order valence-corrected chi connectivity index (χ1v) is 12.3. The first-order valence-electron chi connectivity index (χ1n) is 8.89. The molecule has 0 spiro atoms. The molecule has 146 valence electrons. The summed E-state index contributed by atoms with van der Waals surface area (Å²) in [4.78, 5) is 2.48. The van der Waals surface area contributed by atoms with Crippen molar-refractivity contribution in [3.8, 4) is 0 Å². The zero-order chi connectivity index (χ0) is 19.5. The molecule has 0 unspecified atom stereocenters. The van der Waals surface area contributed by atoms with E-state index in [1.807, 2.05) is 24.3 Å². The van der Waals surface area contributed by atoms with Crippen LogP contribution in [0.2, 0.25) is 0 Å². The fourth-order valence-electron chi connectivity index (χ4n) is 3.10. The van der Waals surface area contributed by atoms with Crippen molar-refractivity contribution in [1.82, 2.24) is 4.72 Å². The second-order valence-electron chi connectivity index (χ2n) is 6.78. The molecule has 1 aliphatic heterocycles. The third-order valence-corrected chi connectivity index (χ3v) is 7.23. The highest BCUT2D eigenvalue weighted by molar-refractivity contribution is 7.90. The molecule has 0 atom stereocenters. The van der Waals surface area contributed by atoms with E-state index in [1.165, 1.54) is 43.5 Å². The molecule has 1 saturated heterocycles. The van der Waals surface area contributed by atoms with Gasteiger partial charge in [0, 0.05) is 31.6 Å². The van der Waals surface area contributed by atoms with Crippen molar-refractivity contribution in [1.29, 1.82) is 0 Å². The van der Waals surface area contributed by atoms with Gasteiger partial charge < -0.3 is 4.90 Å². The molecule has 0 radical (unpaired) electrons. The fourth-order valence-corrected chi connectivity index (χ4v) is 4.75. The SMILES string of the molecule is CS(=O)(=O)c1ccc(S(=O)(=O)NCc2ccc(N3CCCCC3)cc2)cc1. The number of anilines is 1. The van der Waals surface area contributed by atoms with E-state index in [0.717, 1.165) is 30.6 Å². The molecule has 0 saturated carbocycles. The molecule has 2 aromatic carbocycles. The topological polar surface area (TPSA) is 83.5 Å². The lowest BCUT2D eigenvalue weighted by Gasteiger charge is -2.28. The number of nitrogens with one attached hydrogen (secondary N) is 1. The standard InChI is InChI=1S/C19H24N2O4S2/c1-26(22,23)18-9-11-19(12-10-18)27(24,25)20-15-16-5-7-17(8-6-16)21-13-3-2-4-14-21/h5-12,20H,2-4,13-15H2,1H3. The lowest BCUT2D eigenvalue weighted by atomic mass is 10.1. The first kappa shape index (κ1) is 19.9. The number of hydrogen-bond donors (Lipinski definition) is 1. The van der Waals surface area contributed by atoms with Crippen LogP contribution in [-0.2, 0) is 26.4 Å². The van der Waals surface area contributed by atoms with Gasteiger partial charge in [-0.05, 0) is 61.2 Å². The Kier molecular flexibility index (Phi) is 5.88. The van der Waals surface area contributed by atoms with Crippen molar-refractivity contribution in [2.24, 2.45) is 0 Å². The lowest BCUT2D eigenvalue weighted by molar-refractivity contribution is 0.577. The molecule has 0 amide bonds. The van der Waals surface area contributed by atoms with Gasteiger partial charge >= 0.3 is 0 Å². The second-order valence-corrected chi connectivity index (χ2v) is 10.6. The van der Waals surface area contributed by atoms with E-state index in [1.54, 1.807) is 0 Å². The summed E-state index contributed by atoms with van der Waals surface area (Å²) in [7, 11) is -7.06. The van der Waals surface area contributed by atoms with Crippen LogP contribution >= 0.6 is 0 Å². The minimum absolute atomic E-state index is 0.0415. The Morgan fingerprint density at radius 3 is 1.93 bits per heavy atom. The van der Waals surface area contributed by atoms with E-state index in [0.29, 0.717) is 0 Å². The van der Waals surface area contributed by atoms with Gasteiger partial charge in [0.25, 0.3) is 0 Å². The highest BCUT2D eigenvalue weighted by atomic mass is 32.2. The average molecular weight is 409 g/mol. The summed E-state index contributed by atoms with van der Waals surface area (Å²) in [6.07, 6.45) is 4.78. The van der Waals surface area contributed by atoms with Crippen molar-refractivity contribution in [3.63, 3.8) is 0 Å². The van der Waals surface area contributed by atoms with Crippen LogP contribution in [0.25, 0.3) is 0 Å². The summed E-state index contributed by atoms with van der Waals surface area (Å²) in [5.41, 5.74) is 2.03. The molecule has 1 N–H and O–H groups in total. The highest BCUT2D eigenvalue weighted by Gasteiger charge is 2.16. The first-order chi connectivity index (χ1) is 12.8. The van der Waals surface area contributed by atoms with Gasteiger partial charge in [-0.3, -0.25) is 0 Å². The summed E-state index contributed by atoms with van der Waals surface area (Å²) in [5, 5.41) is 0. The Balaban J connectivity index is 1.64. The molecule has 2 aromatic rings. The monoisotopic (exact) mass is 408 g/mol. The zero-order valence-electron chi connectivity index (χ0n) is 15.3. The molecule has 0 aromatic heterocycles. The summed E-state index contributed by atoms with van der Waals surface area (Å²) in [6, 6.07) is 13.1. The minimum atomic E-state index is -3.71. The number of sulfone groups is 1. The van der Waals surface area contributed by atoms with E-state index < -0.39 is 19.9 Å². The number of hydrogen-bond acceptors (Lipinski definition) is 5. The second kappa shape index (κ2) is 8.00. The predicted octanol–water partition coefficient (Wildman–Crippen LogP) is 2.56. The van der Waals surface area contributed by atoms with Crippen LogP contribution in [0.3, 0.4) is 0 Å². The minimum Gasteiger partial charge on any atom is -0.372 e. The maximum Gasteiger partial charge on any atom is 0.240 e. The number of benzene rings is 2. The van der Waals surface area contributed by atoms with Crippen LogP contribution in [0.1, 0.15) is 24.8 Å². The molecule has 3 rings (SSSR count). The van der Waals surface area contributed by atoms with Gasteiger partial charge in [-0.1, -0.05) is 12.1 Å². The normalized spacial score (nSPS) is 15.7. The van der Waals surface area contributed by atoms with Crippen LogP contribution in [0.15, 0.2) is 58.3 Å². The van der Waals surface area contributed by atoms with Crippen molar-refractivity contribution >= 4 is 25.5 Å². The van der Waals surface area contributed by atoms with Gasteiger partial charge in [-0.25, -0.2) is 21.6 Å². The van der Waals surface area contributed by atoms with E-state index in [4.69, 9.17) is 0 Å². The van der Waals surface area contributed by atoms with Crippen molar-refractivity contribution in [3.05, 3.63) is 54.1 Å². The van der Waals surface area contributed by atoms with Gasteiger partial charge in [0.05, 0.1) is 9.79 Å².